The van der Waals surface area contributed by atoms with Crippen LogP contribution in [0.25, 0.3) is 0 Å². The van der Waals surface area contributed by atoms with Crippen LogP contribution in [0, 0.1) is 29.6 Å². The number of epoxide rings is 1. The summed E-state index contributed by atoms with van der Waals surface area (Å²) in [5, 5.41) is 34.7. The van der Waals surface area contributed by atoms with Gasteiger partial charge in [-0.15, -0.1) is 0 Å². The molecule has 5 rings (SSSR count). The summed E-state index contributed by atoms with van der Waals surface area (Å²) in [5.41, 5.74) is 0.0162. The highest BCUT2D eigenvalue weighted by Crippen LogP contribution is 2.51. The molecule has 15 atom stereocenters. The normalized spacial score (nSPS) is 44.4. The third-order valence-corrected chi connectivity index (χ3v) is 13.7. The van der Waals surface area contributed by atoms with E-state index in [1.54, 1.807) is 28.3 Å². The zero-order valence-corrected chi connectivity index (χ0v) is 35.8. The predicted molar refractivity (Wildman–Crippen MR) is 212 cm³/mol. The Bertz CT molecular complexity index is 1460. The summed E-state index contributed by atoms with van der Waals surface area (Å²) in [4.78, 5) is 44.6. The van der Waals surface area contributed by atoms with E-state index in [2.05, 4.69) is 6.92 Å². The number of Topliss-reactive ketones (excluding diaryl/α,β-unsaturated/α-hetero) is 1. The molecule has 13 heteroatoms. The highest BCUT2D eigenvalue weighted by Gasteiger charge is 2.73. The molecule has 3 N–H and O–H groups in total. The second kappa shape index (κ2) is 19.4. The van der Waals surface area contributed by atoms with E-state index in [0.717, 1.165) is 11.1 Å². The van der Waals surface area contributed by atoms with Gasteiger partial charge in [-0.1, -0.05) is 45.4 Å². The minimum absolute atomic E-state index is 0.0326. The Labute approximate surface area is 339 Å². The summed E-state index contributed by atoms with van der Waals surface area (Å²) in [6.07, 6.45) is 5.07. The largest absolute Gasteiger partial charge is 0.456 e. The van der Waals surface area contributed by atoms with Crippen molar-refractivity contribution in [1.82, 2.24) is 4.90 Å². The molecule has 4 aliphatic heterocycles. The maximum Gasteiger partial charge on any atom is 0.329 e. The van der Waals surface area contributed by atoms with Gasteiger partial charge in [-0.25, -0.2) is 4.79 Å². The topological polar surface area (TPSA) is 174 Å². The van der Waals surface area contributed by atoms with Crippen molar-refractivity contribution in [2.75, 3.05) is 34.5 Å². The van der Waals surface area contributed by atoms with Crippen molar-refractivity contribution in [3.05, 3.63) is 23.3 Å². The van der Waals surface area contributed by atoms with Gasteiger partial charge >= 0.3 is 5.97 Å². The summed E-state index contributed by atoms with van der Waals surface area (Å²) < 4.78 is 36.5. The molecule has 1 amide bonds. The van der Waals surface area contributed by atoms with Gasteiger partial charge in [0.15, 0.2) is 0 Å². The Morgan fingerprint density at radius 2 is 1.60 bits per heavy atom. The molecule has 0 radical (unpaired) electrons. The van der Waals surface area contributed by atoms with Crippen molar-refractivity contribution < 1.29 is 58.1 Å². The van der Waals surface area contributed by atoms with Gasteiger partial charge in [0.25, 0.3) is 5.91 Å². The molecule has 0 aromatic rings. The minimum Gasteiger partial charge on any atom is -0.456 e. The molecule has 57 heavy (non-hydrogen) atoms. The Balaban J connectivity index is 1.54. The summed E-state index contributed by atoms with van der Waals surface area (Å²) in [5.74, 6) is -4.79. The first kappa shape index (κ1) is 45.8. The molecule has 13 nitrogen and oxygen atoms in total. The number of cyclic esters (lactones) is 1. The maximum atomic E-state index is 14.8. The van der Waals surface area contributed by atoms with E-state index in [1.807, 2.05) is 39.8 Å². The summed E-state index contributed by atoms with van der Waals surface area (Å²) in [6, 6.07) is -0.972. The Morgan fingerprint density at radius 1 is 0.930 bits per heavy atom. The number of aliphatic hydroxyl groups excluding tert-OH is 2. The van der Waals surface area contributed by atoms with E-state index in [1.165, 1.54) is 4.90 Å². The Morgan fingerprint density at radius 3 is 2.23 bits per heavy atom. The van der Waals surface area contributed by atoms with E-state index in [9.17, 15) is 29.7 Å². The first-order chi connectivity index (χ1) is 27.0. The number of ether oxygens (including phenoxy) is 6. The number of nitrogens with zero attached hydrogens (tertiary/aromatic N) is 1. The Kier molecular flexibility index (Phi) is 15.6. The van der Waals surface area contributed by atoms with Crippen LogP contribution in [0.15, 0.2) is 23.3 Å². The van der Waals surface area contributed by atoms with Crippen molar-refractivity contribution in [2.24, 2.45) is 29.6 Å². The molecule has 324 valence electrons. The quantitative estimate of drug-likeness (QED) is 0.193. The van der Waals surface area contributed by atoms with E-state index < -0.39 is 83.7 Å². The van der Waals surface area contributed by atoms with Crippen LogP contribution < -0.4 is 0 Å². The van der Waals surface area contributed by atoms with Gasteiger partial charge in [-0.3, -0.25) is 9.59 Å². The number of amides is 1. The number of carbonyl (C=O) groups excluding carboxylic acids is 3. The second-order valence-corrected chi connectivity index (χ2v) is 17.9. The summed E-state index contributed by atoms with van der Waals surface area (Å²) in [6.45, 7) is 11.7. The number of aliphatic hydroxyl groups is 3. The van der Waals surface area contributed by atoms with Gasteiger partial charge in [0.1, 0.15) is 24.0 Å². The predicted octanol–water partition coefficient (Wildman–Crippen LogP) is 4.67. The third-order valence-electron chi connectivity index (χ3n) is 13.7. The van der Waals surface area contributed by atoms with Crippen LogP contribution >= 0.6 is 0 Å². The van der Waals surface area contributed by atoms with Crippen LogP contribution in [0.2, 0.25) is 0 Å². The van der Waals surface area contributed by atoms with Crippen molar-refractivity contribution >= 4 is 17.7 Å². The standard InChI is InChI=1S/C44H71NO12/c1-10-31-18-25(2)17-26(3)19-37(53-8)40-38(54-9)21-28(5)44(51,57-40)43(24-55-43)42(50)45-16-12-11-13-32(45)41(49)56-39(29(6)34(47)23-35(31)48)27(4)20-30-14-15-33(46)36(22-30)52-7/h18,20,26,28-34,36-40,46-47,51H,10-17,19,21-24H2,1-9H3/b25-18+,27-20+/t26-,28+,29+,30-,31+,32-,33+,34-,36+,37?,38-,39+,40+,43-,44+/m0/s1. The third kappa shape index (κ3) is 9.88. The van der Waals surface area contributed by atoms with Gasteiger partial charge < -0.3 is 48.6 Å². The van der Waals surface area contributed by atoms with Crippen molar-refractivity contribution in [3.8, 4) is 0 Å². The second-order valence-electron chi connectivity index (χ2n) is 17.9. The van der Waals surface area contributed by atoms with Crippen LogP contribution in [0.1, 0.15) is 112 Å². The molecular weight excluding hydrogens is 734 g/mol. The van der Waals surface area contributed by atoms with Gasteiger partial charge in [0.05, 0.1) is 37.1 Å². The molecule has 4 fully saturated rings. The van der Waals surface area contributed by atoms with Crippen LogP contribution in [-0.4, -0.2) is 133 Å². The van der Waals surface area contributed by atoms with E-state index in [-0.39, 0.29) is 43.3 Å². The van der Waals surface area contributed by atoms with Crippen LogP contribution in [0.3, 0.4) is 0 Å². The molecule has 1 saturated carbocycles. The monoisotopic (exact) mass is 805 g/mol. The average molecular weight is 806 g/mol. The Hall–Kier alpha value is -2.23. The first-order valence-corrected chi connectivity index (χ1v) is 21.4. The number of allylic oxidation sites excluding steroid dienone is 3. The molecule has 4 heterocycles. The SMILES string of the molecule is CC[C@@H]1/C=C(\C)C[C@H](C)CC(OC)[C@H]2O[C@](O)([C@H](C)C[C@@H]2OC)[C@]2(CO2)C(=O)N2CCCC[C@H]2C(=O)O[C@H](/C(C)=C/[C@@H]2CC[C@@H](O)[C@H](OC)C2)[C@H](C)[C@@H](O)CC1=O. The number of hydrogen-bond acceptors (Lipinski definition) is 12. The fraction of sp³-hybridized carbons (Fsp3) is 0.841. The highest BCUT2D eigenvalue weighted by atomic mass is 16.7. The number of hydrogen-bond donors (Lipinski definition) is 3. The number of esters is 1. The number of methoxy groups -OCH3 is 3. The molecule has 2 bridgehead atoms. The number of rotatable bonds is 6. The molecule has 0 aromatic carbocycles. The zero-order chi connectivity index (χ0) is 41.8. The lowest BCUT2D eigenvalue weighted by molar-refractivity contribution is -0.340. The molecule has 0 aromatic heterocycles. The molecule has 1 aliphatic carbocycles. The zero-order valence-electron chi connectivity index (χ0n) is 35.8. The fourth-order valence-corrected chi connectivity index (χ4v) is 10.1. The number of fused-ring (bicyclic) bond motifs is 4. The van der Waals surface area contributed by atoms with Gasteiger partial charge in [0.2, 0.25) is 11.4 Å². The van der Waals surface area contributed by atoms with Crippen molar-refractivity contribution in [3.63, 3.8) is 0 Å². The van der Waals surface area contributed by atoms with Crippen LogP contribution in [0.5, 0.6) is 0 Å². The lowest BCUT2D eigenvalue weighted by Gasteiger charge is -2.50. The average Bonchev–Trinajstić information content (AvgIpc) is 4.01. The van der Waals surface area contributed by atoms with E-state index in [0.29, 0.717) is 64.2 Å². The van der Waals surface area contributed by atoms with Crippen molar-refractivity contribution in [2.45, 2.75) is 172 Å². The lowest BCUT2D eigenvalue weighted by atomic mass is 9.78. The maximum absolute atomic E-state index is 14.8. The van der Waals surface area contributed by atoms with Gasteiger partial charge in [-0.2, -0.15) is 0 Å². The number of piperidine rings is 1. The first-order valence-electron chi connectivity index (χ1n) is 21.4. The fourth-order valence-electron chi connectivity index (χ4n) is 10.1. The molecule has 3 saturated heterocycles. The minimum atomic E-state index is -2.03. The van der Waals surface area contributed by atoms with E-state index in [4.69, 9.17) is 28.4 Å². The van der Waals surface area contributed by atoms with Crippen LogP contribution in [0.4, 0.5) is 0 Å². The summed E-state index contributed by atoms with van der Waals surface area (Å²) in [7, 11) is 4.79. The smallest absolute Gasteiger partial charge is 0.329 e. The van der Waals surface area contributed by atoms with Crippen molar-refractivity contribution in [1.29, 1.82) is 0 Å². The molecule has 1 spiro atoms. The lowest BCUT2D eigenvalue weighted by Crippen LogP contribution is -2.68. The van der Waals surface area contributed by atoms with Gasteiger partial charge in [-0.05, 0) is 95.5 Å². The molecule has 5 aliphatic rings. The summed E-state index contributed by atoms with van der Waals surface area (Å²) >= 11 is 0. The molecule has 1 unspecified atom stereocenters. The number of carbonyl (C=O) groups is 3. The molecular formula is C44H71NO12. The number of ketones is 1. The van der Waals surface area contributed by atoms with Gasteiger partial charge in [0, 0.05) is 52.0 Å². The highest BCUT2D eigenvalue weighted by molar-refractivity contribution is 5.93. The van der Waals surface area contributed by atoms with Crippen LogP contribution in [-0.2, 0) is 42.8 Å². The van der Waals surface area contributed by atoms with E-state index >= 15 is 0 Å².